The molecule has 0 spiro atoms. The number of halogens is 2. The van der Waals surface area contributed by atoms with Gasteiger partial charge in [-0.3, -0.25) is 4.79 Å². The lowest BCUT2D eigenvalue weighted by atomic mass is 10.1. The maximum absolute atomic E-state index is 12.0. The summed E-state index contributed by atoms with van der Waals surface area (Å²) < 4.78 is 5.88. The molecule has 2 nitrogen and oxygen atoms in total. The normalized spacial score (nSPS) is 10.3. The van der Waals surface area contributed by atoms with Crippen LogP contribution in [-0.4, -0.2) is 10.2 Å². The molecule has 1 aromatic heterocycles. The van der Waals surface area contributed by atoms with Crippen LogP contribution in [0, 0.1) is 3.57 Å². The van der Waals surface area contributed by atoms with E-state index in [-0.39, 0.29) is 5.78 Å². The minimum atomic E-state index is -0.0260. The van der Waals surface area contributed by atoms with E-state index in [1.54, 1.807) is 11.4 Å². The Morgan fingerprint density at radius 1 is 1.40 bits per heavy atom. The summed E-state index contributed by atoms with van der Waals surface area (Å²) in [6, 6.07) is 7.39. The molecule has 0 atom stereocenters. The zero-order chi connectivity index (χ0) is 10.8. The third-order valence-electron chi connectivity index (χ3n) is 1.84. The molecule has 1 aromatic carbocycles. The van der Waals surface area contributed by atoms with Crippen molar-refractivity contribution in [3.8, 4) is 0 Å². The minimum Gasteiger partial charge on any atom is -0.287 e. The zero-order valence-corrected chi connectivity index (χ0v) is 12.0. The average molecular weight is 394 g/mol. The fourth-order valence-corrected chi connectivity index (χ4v) is 2.59. The van der Waals surface area contributed by atoms with Crippen LogP contribution in [0.2, 0.25) is 0 Å². The molecule has 2 rings (SSSR count). The highest BCUT2D eigenvalue weighted by Gasteiger charge is 2.14. The van der Waals surface area contributed by atoms with Gasteiger partial charge in [0.05, 0.1) is 0 Å². The molecule has 0 aliphatic rings. The highest BCUT2D eigenvalue weighted by molar-refractivity contribution is 14.1. The quantitative estimate of drug-likeness (QED) is 0.574. The van der Waals surface area contributed by atoms with Crippen LogP contribution in [0.25, 0.3) is 0 Å². The molecule has 15 heavy (non-hydrogen) atoms. The standard InChI is InChI=1S/C10H5BrINOS/c11-6-1-2-8(12)7(5-6)10(14)9-3-4-15-13-9/h1-5H. The molecule has 0 amide bonds. The van der Waals surface area contributed by atoms with Crippen molar-refractivity contribution < 1.29 is 4.79 Å². The van der Waals surface area contributed by atoms with E-state index in [0.717, 1.165) is 8.04 Å². The minimum absolute atomic E-state index is 0.0260. The summed E-state index contributed by atoms with van der Waals surface area (Å²) in [7, 11) is 0. The fourth-order valence-electron chi connectivity index (χ4n) is 1.14. The van der Waals surface area contributed by atoms with Gasteiger partial charge in [0.1, 0.15) is 5.69 Å². The highest BCUT2D eigenvalue weighted by Crippen LogP contribution is 2.21. The van der Waals surface area contributed by atoms with Crippen molar-refractivity contribution in [3.63, 3.8) is 0 Å². The van der Waals surface area contributed by atoms with Crippen LogP contribution in [0.4, 0.5) is 0 Å². The molecule has 0 aliphatic heterocycles. The molecule has 0 N–H and O–H groups in total. The van der Waals surface area contributed by atoms with E-state index in [0.29, 0.717) is 11.3 Å². The maximum atomic E-state index is 12.0. The first-order chi connectivity index (χ1) is 7.18. The molecule has 0 bridgehead atoms. The Balaban J connectivity index is 2.46. The van der Waals surface area contributed by atoms with E-state index in [1.807, 2.05) is 18.2 Å². The van der Waals surface area contributed by atoms with Gasteiger partial charge in [0, 0.05) is 19.0 Å². The predicted octanol–water partition coefficient (Wildman–Crippen LogP) is 3.74. The third kappa shape index (κ3) is 2.46. The SMILES string of the molecule is O=C(c1ccsn1)c1cc(Br)ccc1I. The summed E-state index contributed by atoms with van der Waals surface area (Å²) in [5.74, 6) is -0.0260. The maximum Gasteiger partial charge on any atom is 0.213 e. The second-order valence-corrected chi connectivity index (χ2v) is 5.58. The van der Waals surface area contributed by atoms with Crippen LogP contribution in [0.5, 0.6) is 0 Å². The predicted molar refractivity (Wildman–Crippen MR) is 72.4 cm³/mol. The van der Waals surface area contributed by atoms with Crippen LogP contribution in [0.3, 0.4) is 0 Å². The van der Waals surface area contributed by atoms with Crippen LogP contribution in [-0.2, 0) is 0 Å². The molecular weight excluding hydrogens is 389 g/mol. The number of rotatable bonds is 2. The molecule has 0 radical (unpaired) electrons. The smallest absolute Gasteiger partial charge is 0.213 e. The Bertz CT molecular complexity index is 498. The monoisotopic (exact) mass is 393 g/mol. The lowest BCUT2D eigenvalue weighted by Gasteiger charge is -2.01. The number of hydrogen-bond acceptors (Lipinski definition) is 3. The molecular formula is C10H5BrINOS. The summed E-state index contributed by atoms with van der Waals surface area (Å²) in [4.78, 5) is 12.0. The van der Waals surface area contributed by atoms with E-state index in [2.05, 4.69) is 42.9 Å². The molecule has 2 aromatic rings. The number of carbonyl (C=O) groups is 1. The molecule has 5 heteroatoms. The Kier molecular flexibility index (Phi) is 3.53. The number of benzene rings is 1. The number of nitrogens with zero attached hydrogens (tertiary/aromatic N) is 1. The first-order valence-electron chi connectivity index (χ1n) is 4.08. The van der Waals surface area contributed by atoms with Gasteiger partial charge in [0.2, 0.25) is 5.78 Å². The zero-order valence-electron chi connectivity index (χ0n) is 7.41. The largest absolute Gasteiger partial charge is 0.287 e. The Labute approximate surface area is 113 Å². The fraction of sp³-hybridized carbons (Fsp3) is 0. The van der Waals surface area contributed by atoms with Gasteiger partial charge >= 0.3 is 0 Å². The molecule has 0 fully saturated rings. The Hall–Kier alpha value is -0.270. The Morgan fingerprint density at radius 3 is 2.87 bits per heavy atom. The lowest BCUT2D eigenvalue weighted by molar-refractivity contribution is 0.103. The first kappa shape index (κ1) is 11.2. The molecule has 0 unspecified atom stereocenters. The number of carbonyl (C=O) groups excluding carboxylic acids is 1. The van der Waals surface area contributed by atoms with E-state index < -0.39 is 0 Å². The third-order valence-corrected chi connectivity index (χ3v) is 3.84. The second-order valence-electron chi connectivity index (χ2n) is 2.84. The summed E-state index contributed by atoms with van der Waals surface area (Å²) >= 11 is 6.79. The van der Waals surface area contributed by atoms with Crippen molar-refractivity contribution in [2.45, 2.75) is 0 Å². The number of hydrogen-bond donors (Lipinski definition) is 0. The van der Waals surface area contributed by atoms with Crippen LogP contribution < -0.4 is 0 Å². The van der Waals surface area contributed by atoms with Crippen LogP contribution >= 0.6 is 50.1 Å². The molecule has 1 heterocycles. The van der Waals surface area contributed by atoms with E-state index in [4.69, 9.17) is 0 Å². The summed E-state index contributed by atoms with van der Waals surface area (Å²) in [6.45, 7) is 0. The van der Waals surface area contributed by atoms with E-state index in [1.165, 1.54) is 11.5 Å². The molecule has 0 aliphatic carbocycles. The van der Waals surface area contributed by atoms with Crippen molar-refractivity contribution in [3.05, 3.63) is 48.9 Å². The first-order valence-corrected chi connectivity index (χ1v) is 6.79. The van der Waals surface area contributed by atoms with Gasteiger partial charge in [-0.1, -0.05) is 15.9 Å². The van der Waals surface area contributed by atoms with Gasteiger partial charge in [-0.15, -0.1) is 0 Å². The summed E-state index contributed by atoms with van der Waals surface area (Å²) in [5.41, 5.74) is 1.20. The van der Waals surface area contributed by atoms with Crippen LogP contribution in [0.1, 0.15) is 16.1 Å². The van der Waals surface area contributed by atoms with Crippen molar-refractivity contribution in [1.29, 1.82) is 0 Å². The Morgan fingerprint density at radius 2 is 2.20 bits per heavy atom. The van der Waals surface area contributed by atoms with Gasteiger partial charge in [-0.2, -0.15) is 4.37 Å². The van der Waals surface area contributed by atoms with Gasteiger partial charge in [0.25, 0.3) is 0 Å². The van der Waals surface area contributed by atoms with Crippen molar-refractivity contribution >= 4 is 55.8 Å². The van der Waals surface area contributed by atoms with Crippen molar-refractivity contribution in [2.24, 2.45) is 0 Å². The van der Waals surface area contributed by atoms with Gasteiger partial charge in [-0.25, -0.2) is 0 Å². The second kappa shape index (κ2) is 4.71. The summed E-state index contributed by atoms with van der Waals surface area (Å²) in [6.07, 6.45) is 0. The highest BCUT2D eigenvalue weighted by atomic mass is 127. The lowest BCUT2D eigenvalue weighted by Crippen LogP contribution is -2.03. The van der Waals surface area contributed by atoms with Gasteiger partial charge in [0.15, 0.2) is 0 Å². The molecule has 0 saturated carbocycles. The van der Waals surface area contributed by atoms with Crippen LogP contribution in [0.15, 0.2) is 34.1 Å². The van der Waals surface area contributed by atoms with E-state index >= 15 is 0 Å². The van der Waals surface area contributed by atoms with Crippen molar-refractivity contribution in [2.75, 3.05) is 0 Å². The number of aromatic nitrogens is 1. The molecule has 0 saturated heterocycles. The van der Waals surface area contributed by atoms with Gasteiger partial charge in [-0.05, 0) is 58.4 Å². The van der Waals surface area contributed by atoms with E-state index in [9.17, 15) is 4.79 Å². The average Bonchev–Trinajstić information content (AvgIpc) is 2.74. The number of ketones is 1. The summed E-state index contributed by atoms with van der Waals surface area (Å²) in [5, 5.41) is 1.80. The molecule has 76 valence electrons. The van der Waals surface area contributed by atoms with Gasteiger partial charge < -0.3 is 0 Å². The topological polar surface area (TPSA) is 30.0 Å². The van der Waals surface area contributed by atoms with Crippen molar-refractivity contribution in [1.82, 2.24) is 4.37 Å².